The molecule has 30 heavy (non-hydrogen) atoms. The highest BCUT2D eigenvalue weighted by molar-refractivity contribution is 5.98. The number of hydrogen-bond donors (Lipinski definition) is 1. The molecule has 3 aromatic rings. The Hall–Kier alpha value is -3.87. The van der Waals surface area contributed by atoms with E-state index in [0.717, 1.165) is 6.07 Å². The Kier molecular flexibility index (Phi) is 6.64. The molecule has 0 aromatic heterocycles. The first kappa shape index (κ1) is 20.9. The van der Waals surface area contributed by atoms with Gasteiger partial charge in [0.2, 0.25) is 6.10 Å². The van der Waals surface area contributed by atoms with Crippen molar-refractivity contribution in [1.82, 2.24) is 0 Å². The third kappa shape index (κ3) is 4.94. The number of anilines is 1. The van der Waals surface area contributed by atoms with Gasteiger partial charge in [-0.05, 0) is 30.3 Å². The van der Waals surface area contributed by atoms with E-state index in [9.17, 15) is 14.0 Å². The van der Waals surface area contributed by atoms with Crippen molar-refractivity contribution in [3.63, 3.8) is 0 Å². The van der Waals surface area contributed by atoms with Gasteiger partial charge >= 0.3 is 5.97 Å². The summed E-state index contributed by atoms with van der Waals surface area (Å²) in [7, 11) is 2.84. The van der Waals surface area contributed by atoms with E-state index in [0.29, 0.717) is 17.0 Å². The van der Waals surface area contributed by atoms with Gasteiger partial charge in [-0.15, -0.1) is 0 Å². The number of nitrogens with one attached hydrogen (secondary N) is 1. The SMILES string of the molecule is COc1cccc(NC(=O)[C@@H](OC(=O)c2ccc(OC)c(F)c2)c2ccccc2)c1. The lowest BCUT2D eigenvalue weighted by atomic mass is 10.1. The monoisotopic (exact) mass is 409 g/mol. The number of carbonyl (C=O) groups excluding carboxylic acids is 2. The topological polar surface area (TPSA) is 73.9 Å². The van der Waals surface area contributed by atoms with Crippen LogP contribution in [0.4, 0.5) is 10.1 Å². The molecule has 0 aliphatic rings. The number of halogens is 1. The minimum absolute atomic E-state index is 0.00178. The Morgan fingerprint density at radius 2 is 1.67 bits per heavy atom. The molecule has 1 amide bonds. The number of carbonyl (C=O) groups is 2. The molecule has 0 aliphatic heterocycles. The molecule has 3 rings (SSSR count). The van der Waals surface area contributed by atoms with Gasteiger partial charge in [-0.25, -0.2) is 9.18 Å². The molecular weight excluding hydrogens is 389 g/mol. The fourth-order valence-corrected chi connectivity index (χ4v) is 2.78. The zero-order valence-electron chi connectivity index (χ0n) is 16.4. The van der Waals surface area contributed by atoms with Gasteiger partial charge in [0.25, 0.3) is 5.91 Å². The molecule has 3 aromatic carbocycles. The molecule has 0 heterocycles. The van der Waals surface area contributed by atoms with Crippen LogP contribution in [-0.2, 0) is 9.53 Å². The summed E-state index contributed by atoms with van der Waals surface area (Å²) in [5.74, 6) is -1.54. The average Bonchev–Trinajstić information content (AvgIpc) is 2.77. The second kappa shape index (κ2) is 9.56. The molecule has 0 aliphatic carbocycles. The van der Waals surface area contributed by atoms with Crippen LogP contribution in [-0.4, -0.2) is 26.1 Å². The van der Waals surface area contributed by atoms with Crippen LogP contribution in [0.5, 0.6) is 11.5 Å². The highest BCUT2D eigenvalue weighted by Crippen LogP contribution is 2.25. The van der Waals surface area contributed by atoms with E-state index in [4.69, 9.17) is 14.2 Å². The molecule has 0 fully saturated rings. The molecule has 0 saturated heterocycles. The van der Waals surface area contributed by atoms with E-state index >= 15 is 0 Å². The lowest BCUT2D eigenvalue weighted by molar-refractivity contribution is -0.125. The van der Waals surface area contributed by atoms with Crippen LogP contribution in [0.25, 0.3) is 0 Å². The molecule has 6 nitrogen and oxygen atoms in total. The summed E-state index contributed by atoms with van der Waals surface area (Å²) in [4.78, 5) is 25.5. The van der Waals surface area contributed by atoms with Crippen LogP contribution in [0.1, 0.15) is 22.0 Å². The zero-order chi connectivity index (χ0) is 21.5. The number of amides is 1. The molecule has 1 N–H and O–H groups in total. The molecular formula is C23H20FNO5. The average molecular weight is 409 g/mol. The minimum Gasteiger partial charge on any atom is -0.497 e. The number of benzene rings is 3. The predicted molar refractivity (Wildman–Crippen MR) is 109 cm³/mol. The summed E-state index contributed by atoms with van der Waals surface area (Å²) >= 11 is 0. The van der Waals surface area contributed by atoms with Crippen molar-refractivity contribution < 1.29 is 28.2 Å². The van der Waals surface area contributed by atoms with Crippen LogP contribution < -0.4 is 14.8 Å². The van der Waals surface area contributed by atoms with E-state index in [2.05, 4.69) is 5.32 Å². The maximum atomic E-state index is 14.0. The van der Waals surface area contributed by atoms with Gasteiger partial charge in [-0.2, -0.15) is 0 Å². The molecule has 0 unspecified atom stereocenters. The Balaban J connectivity index is 1.84. The standard InChI is InChI=1S/C23H20FNO5/c1-28-18-10-6-9-17(14-18)25-22(26)21(15-7-4-3-5-8-15)30-23(27)16-11-12-20(29-2)19(24)13-16/h3-14,21H,1-2H3,(H,25,26)/t21-/m0/s1. The summed E-state index contributed by atoms with van der Waals surface area (Å²) in [5, 5.41) is 2.71. The molecule has 7 heteroatoms. The number of ether oxygens (including phenoxy) is 3. The summed E-state index contributed by atoms with van der Waals surface area (Å²) in [6.45, 7) is 0. The van der Waals surface area contributed by atoms with Crippen molar-refractivity contribution in [2.75, 3.05) is 19.5 Å². The van der Waals surface area contributed by atoms with Crippen LogP contribution >= 0.6 is 0 Å². The van der Waals surface area contributed by atoms with E-state index in [1.165, 1.54) is 26.4 Å². The highest BCUT2D eigenvalue weighted by atomic mass is 19.1. The third-order valence-electron chi connectivity index (χ3n) is 4.29. The van der Waals surface area contributed by atoms with Gasteiger partial charge in [0.15, 0.2) is 11.6 Å². The first-order valence-corrected chi connectivity index (χ1v) is 9.06. The van der Waals surface area contributed by atoms with Crippen molar-refractivity contribution in [2.45, 2.75) is 6.10 Å². The molecule has 0 spiro atoms. The molecule has 0 saturated carbocycles. The van der Waals surface area contributed by atoms with Gasteiger partial charge < -0.3 is 19.5 Å². The highest BCUT2D eigenvalue weighted by Gasteiger charge is 2.26. The smallest absolute Gasteiger partial charge is 0.339 e. The third-order valence-corrected chi connectivity index (χ3v) is 4.29. The van der Waals surface area contributed by atoms with Gasteiger partial charge in [0.05, 0.1) is 19.8 Å². The van der Waals surface area contributed by atoms with Crippen molar-refractivity contribution in [1.29, 1.82) is 0 Å². The van der Waals surface area contributed by atoms with Crippen molar-refractivity contribution >= 4 is 17.6 Å². The maximum absolute atomic E-state index is 14.0. The van der Waals surface area contributed by atoms with Crippen molar-refractivity contribution in [3.8, 4) is 11.5 Å². The maximum Gasteiger partial charge on any atom is 0.339 e. The zero-order valence-corrected chi connectivity index (χ0v) is 16.4. The number of methoxy groups -OCH3 is 2. The van der Waals surface area contributed by atoms with Gasteiger partial charge in [0.1, 0.15) is 5.75 Å². The summed E-state index contributed by atoms with van der Waals surface area (Å²) < 4.78 is 29.4. The summed E-state index contributed by atoms with van der Waals surface area (Å²) in [5.41, 5.74) is 0.912. The van der Waals surface area contributed by atoms with Crippen LogP contribution in [0, 0.1) is 5.82 Å². The first-order chi connectivity index (χ1) is 14.5. The lowest BCUT2D eigenvalue weighted by Gasteiger charge is -2.18. The number of hydrogen-bond acceptors (Lipinski definition) is 5. The fourth-order valence-electron chi connectivity index (χ4n) is 2.78. The second-order valence-corrected chi connectivity index (χ2v) is 6.27. The number of esters is 1. The van der Waals surface area contributed by atoms with Crippen molar-refractivity contribution in [3.05, 3.63) is 89.7 Å². The largest absolute Gasteiger partial charge is 0.497 e. The normalized spacial score (nSPS) is 11.3. The van der Waals surface area contributed by atoms with Crippen LogP contribution in [0.15, 0.2) is 72.8 Å². The second-order valence-electron chi connectivity index (χ2n) is 6.27. The molecule has 0 radical (unpaired) electrons. The van der Waals surface area contributed by atoms with E-state index < -0.39 is 23.8 Å². The first-order valence-electron chi connectivity index (χ1n) is 9.06. The van der Waals surface area contributed by atoms with Crippen LogP contribution in [0.3, 0.4) is 0 Å². The summed E-state index contributed by atoms with van der Waals surface area (Å²) in [6, 6.07) is 19.0. The van der Waals surface area contributed by atoms with Crippen LogP contribution in [0.2, 0.25) is 0 Å². The minimum atomic E-state index is -1.24. The predicted octanol–water partition coefficient (Wildman–Crippen LogP) is 4.38. The lowest BCUT2D eigenvalue weighted by Crippen LogP contribution is -2.26. The number of rotatable bonds is 7. The van der Waals surface area contributed by atoms with E-state index in [-0.39, 0.29) is 11.3 Å². The molecule has 0 bridgehead atoms. The Labute approximate surface area is 173 Å². The van der Waals surface area contributed by atoms with E-state index in [1.807, 2.05) is 0 Å². The summed E-state index contributed by atoms with van der Waals surface area (Å²) in [6.07, 6.45) is -1.24. The Morgan fingerprint density at radius 3 is 2.33 bits per heavy atom. The van der Waals surface area contributed by atoms with Gasteiger partial charge in [-0.1, -0.05) is 36.4 Å². The Morgan fingerprint density at radius 1 is 0.900 bits per heavy atom. The quantitative estimate of drug-likeness (QED) is 0.586. The van der Waals surface area contributed by atoms with Gasteiger partial charge in [0, 0.05) is 17.3 Å². The molecule has 1 atom stereocenters. The van der Waals surface area contributed by atoms with Crippen molar-refractivity contribution in [2.24, 2.45) is 0 Å². The van der Waals surface area contributed by atoms with Gasteiger partial charge in [-0.3, -0.25) is 4.79 Å². The molecule has 154 valence electrons. The Bertz CT molecular complexity index is 1040. The fraction of sp³-hybridized carbons (Fsp3) is 0.130. The van der Waals surface area contributed by atoms with E-state index in [1.54, 1.807) is 54.6 Å².